The molecule has 12 heteroatoms. The average molecular weight is 681 g/mol. The van der Waals surface area contributed by atoms with Crippen LogP contribution < -0.4 is 4.74 Å². The van der Waals surface area contributed by atoms with Gasteiger partial charge in [0.25, 0.3) is 0 Å². The van der Waals surface area contributed by atoms with Crippen LogP contribution in [0.2, 0.25) is 0 Å². The number of nitrogens with zero attached hydrogens (tertiary/aromatic N) is 4. The number of pyridine rings is 1. The van der Waals surface area contributed by atoms with E-state index in [-0.39, 0.29) is 28.7 Å². The Morgan fingerprint density at radius 2 is 1.67 bits per heavy atom. The number of hydrogen-bond donors (Lipinski definition) is 0. The number of likely N-dealkylation sites (tertiary alicyclic amines) is 1. The lowest BCUT2D eigenvalue weighted by Crippen LogP contribution is -2.44. The quantitative estimate of drug-likeness (QED) is 0.143. The number of alkyl halides is 3. The third kappa shape index (κ3) is 8.41. The minimum Gasteiger partial charge on any atom is -0.474 e. The average Bonchev–Trinajstić information content (AvgIpc) is 3.40. The number of carbonyl (C=O) groups is 1. The molecule has 1 amide bonds. The molecule has 0 aliphatic carbocycles. The number of rotatable bonds is 7. The number of amides is 1. The Morgan fingerprint density at radius 3 is 2.31 bits per heavy atom. The number of carbonyl (C=O) groups excluding carboxylic acids is 1. The first-order valence-electron chi connectivity index (χ1n) is 16.6. The van der Waals surface area contributed by atoms with Crippen molar-refractivity contribution in [1.82, 2.24) is 19.7 Å². The SMILES string of the molecule is CC(C)(C)OC(=O)N1CCC(Oc2ccc(/C(=C(/CC(F)(F)F)c3ccccc3)c3ccc4c(c3)c(F)nn4C3CCCCO3)cn2)CC1. The molecule has 260 valence electrons. The van der Waals surface area contributed by atoms with Crippen LogP contribution in [-0.2, 0) is 9.47 Å². The topological polar surface area (TPSA) is 78.7 Å². The summed E-state index contributed by atoms with van der Waals surface area (Å²) in [5.74, 6) is -0.409. The molecule has 2 aliphatic heterocycles. The Bertz CT molecular complexity index is 1790. The number of aromatic nitrogens is 3. The molecule has 49 heavy (non-hydrogen) atoms. The molecule has 1 unspecified atom stereocenters. The van der Waals surface area contributed by atoms with E-state index in [4.69, 9.17) is 14.2 Å². The fraction of sp³-hybridized carbons (Fsp3) is 0.432. The minimum atomic E-state index is -4.53. The molecule has 2 aromatic carbocycles. The van der Waals surface area contributed by atoms with Gasteiger partial charge in [0.05, 0.1) is 17.3 Å². The van der Waals surface area contributed by atoms with E-state index in [2.05, 4.69) is 10.1 Å². The van der Waals surface area contributed by atoms with Gasteiger partial charge in [-0.05, 0) is 80.5 Å². The van der Waals surface area contributed by atoms with Gasteiger partial charge < -0.3 is 19.1 Å². The Labute approximate surface area is 282 Å². The maximum atomic E-state index is 15.4. The molecule has 0 N–H and O–H groups in total. The van der Waals surface area contributed by atoms with Gasteiger partial charge in [0.2, 0.25) is 11.8 Å². The maximum Gasteiger partial charge on any atom is 0.410 e. The predicted molar refractivity (Wildman–Crippen MR) is 177 cm³/mol. The molecule has 1 atom stereocenters. The largest absolute Gasteiger partial charge is 0.474 e. The summed E-state index contributed by atoms with van der Waals surface area (Å²) in [6.45, 7) is 6.94. The van der Waals surface area contributed by atoms with Gasteiger partial charge in [-0.1, -0.05) is 36.4 Å². The van der Waals surface area contributed by atoms with Crippen molar-refractivity contribution in [2.75, 3.05) is 19.7 Å². The lowest BCUT2D eigenvalue weighted by atomic mass is 9.88. The van der Waals surface area contributed by atoms with Crippen LogP contribution in [0, 0.1) is 5.95 Å². The summed E-state index contributed by atoms with van der Waals surface area (Å²) >= 11 is 0. The van der Waals surface area contributed by atoms with Gasteiger partial charge in [-0.15, -0.1) is 5.10 Å². The van der Waals surface area contributed by atoms with Crippen molar-refractivity contribution in [2.24, 2.45) is 0 Å². The molecule has 0 bridgehead atoms. The number of ether oxygens (including phenoxy) is 3. The Hall–Kier alpha value is -4.45. The first-order valence-corrected chi connectivity index (χ1v) is 16.6. The van der Waals surface area contributed by atoms with E-state index in [0.29, 0.717) is 67.0 Å². The first kappa shape index (κ1) is 34.4. The summed E-state index contributed by atoms with van der Waals surface area (Å²) in [5.41, 5.74) is 1.41. The number of fused-ring (bicyclic) bond motifs is 1. The second-order valence-electron chi connectivity index (χ2n) is 13.5. The highest BCUT2D eigenvalue weighted by Gasteiger charge is 2.32. The zero-order valence-corrected chi connectivity index (χ0v) is 27.8. The molecule has 4 aromatic rings. The zero-order chi connectivity index (χ0) is 34.8. The van der Waals surface area contributed by atoms with Crippen LogP contribution in [0.3, 0.4) is 0 Å². The highest BCUT2D eigenvalue weighted by atomic mass is 19.4. The third-order valence-electron chi connectivity index (χ3n) is 8.59. The zero-order valence-electron chi connectivity index (χ0n) is 27.8. The molecule has 2 fully saturated rings. The summed E-state index contributed by atoms with van der Waals surface area (Å²) in [6.07, 6.45) is -1.55. The summed E-state index contributed by atoms with van der Waals surface area (Å²) in [6, 6.07) is 16.6. The minimum absolute atomic E-state index is 0.0286. The molecule has 6 rings (SSSR count). The second kappa shape index (κ2) is 14.2. The van der Waals surface area contributed by atoms with Crippen molar-refractivity contribution in [3.63, 3.8) is 0 Å². The van der Waals surface area contributed by atoms with Crippen LogP contribution in [0.1, 0.15) is 82.2 Å². The van der Waals surface area contributed by atoms with Gasteiger partial charge in [0.1, 0.15) is 11.7 Å². The van der Waals surface area contributed by atoms with Crippen molar-refractivity contribution < 1.29 is 36.6 Å². The van der Waals surface area contributed by atoms with Crippen LogP contribution in [0.4, 0.5) is 22.4 Å². The molecule has 2 saturated heterocycles. The van der Waals surface area contributed by atoms with Crippen LogP contribution >= 0.6 is 0 Å². The van der Waals surface area contributed by atoms with Crippen LogP contribution in [0.15, 0.2) is 66.9 Å². The van der Waals surface area contributed by atoms with E-state index < -0.39 is 30.4 Å². The van der Waals surface area contributed by atoms with Gasteiger partial charge in [-0.25, -0.2) is 14.5 Å². The molecule has 0 radical (unpaired) electrons. The molecular weight excluding hydrogens is 640 g/mol. The van der Waals surface area contributed by atoms with Gasteiger partial charge >= 0.3 is 12.3 Å². The number of allylic oxidation sites excluding steroid dienone is 1. The van der Waals surface area contributed by atoms with Crippen molar-refractivity contribution in [3.05, 3.63) is 89.5 Å². The van der Waals surface area contributed by atoms with Crippen LogP contribution in [-0.4, -0.2) is 63.3 Å². The lowest BCUT2D eigenvalue weighted by Gasteiger charge is -2.33. The van der Waals surface area contributed by atoms with Gasteiger partial charge in [0, 0.05) is 50.4 Å². The summed E-state index contributed by atoms with van der Waals surface area (Å²) in [7, 11) is 0. The molecule has 2 aliphatic rings. The summed E-state index contributed by atoms with van der Waals surface area (Å²) in [4.78, 5) is 18.6. The van der Waals surface area contributed by atoms with Crippen molar-refractivity contribution >= 4 is 28.1 Å². The highest BCUT2D eigenvalue weighted by molar-refractivity contribution is 6.00. The van der Waals surface area contributed by atoms with Crippen molar-refractivity contribution in [3.8, 4) is 5.88 Å². The molecular formula is C37H40F4N4O4. The number of piperidine rings is 1. The summed E-state index contributed by atoms with van der Waals surface area (Å²) in [5, 5.41) is 4.31. The maximum absolute atomic E-state index is 15.4. The smallest absolute Gasteiger partial charge is 0.410 e. The van der Waals surface area contributed by atoms with Gasteiger partial charge in [-0.3, -0.25) is 0 Å². The van der Waals surface area contributed by atoms with E-state index >= 15 is 4.39 Å². The van der Waals surface area contributed by atoms with Crippen LogP contribution in [0.25, 0.3) is 22.0 Å². The van der Waals surface area contributed by atoms with Crippen molar-refractivity contribution in [2.45, 2.75) is 83.4 Å². The van der Waals surface area contributed by atoms with E-state index in [9.17, 15) is 18.0 Å². The van der Waals surface area contributed by atoms with E-state index in [1.807, 2.05) is 20.8 Å². The Balaban J connectivity index is 1.33. The van der Waals surface area contributed by atoms with E-state index in [1.54, 1.807) is 65.6 Å². The van der Waals surface area contributed by atoms with Crippen molar-refractivity contribution in [1.29, 1.82) is 0 Å². The highest BCUT2D eigenvalue weighted by Crippen LogP contribution is 2.41. The Kier molecular flexibility index (Phi) is 9.96. The number of benzene rings is 2. The summed E-state index contributed by atoms with van der Waals surface area (Å²) < 4.78 is 76.9. The first-order chi connectivity index (χ1) is 23.3. The molecule has 0 saturated carbocycles. The molecule has 8 nitrogen and oxygen atoms in total. The second-order valence-corrected chi connectivity index (χ2v) is 13.5. The Morgan fingerprint density at radius 1 is 0.939 bits per heavy atom. The number of hydrogen-bond acceptors (Lipinski definition) is 6. The fourth-order valence-corrected chi connectivity index (χ4v) is 6.34. The predicted octanol–water partition coefficient (Wildman–Crippen LogP) is 8.96. The monoisotopic (exact) mass is 680 g/mol. The normalized spacial score (nSPS) is 18.3. The third-order valence-corrected chi connectivity index (χ3v) is 8.59. The molecule has 4 heterocycles. The lowest BCUT2D eigenvalue weighted by molar-refractivity contribution is -0.122. The fourth-order valence-electron chi connectivity index (χ4n) is 6.34. The van der Waals surface area contributed by atoms with Crippen LogP contribution in [0.5, 0.6) is 5.88 Å². The standard InChI is InChI=1S/C37H40F4N4O4/c1-36(2,3)49-35(46)44-18-16-27(17-19-44)48-31-15-13-26(23-42-31)33(29(22-37(39,40)41)24-9-5-4-6-10-24)25-12-14-30-28(21-25)34(38)43-45(30)32-11-7-8-20-47-32/h4-6,9-10,12-15,21,23,27,32H,7-8,11,16-20,22H2,1-3H3/b33-29-. The van der Waals surface area contributed by atoms with E-state index in [1.165, 1.54) is 10.9 Å². The number of halogens is 4. The molecule has 0 spiro atoms. The van der Waals surface area contributed by atoms with Gasteiger partial charge in [-0.2, -0.15) is 17.6 Å². The molecule has 2 aromatic heterocycles. The van der Waals surface area contributed by atoms with E-state index in [0.717, 1.165) is 12.8 Å². The van der Waals surface area contributed by atoms with Gasteiger partial charge in [0.15, 0.2) is 6.23 Å².